The van der Waals surface area contributed by atoms with Gasteiger partial charge >= 0.3 is 0 Å². The van der Waals surface area contributed by atoms with Gasteiger partial charge in [0.2, 0.25) is 0 Å². The SMILES string of the molecule is CCNc1cc(-c2cc(Cl)ccc2Cl)nc(COC)n1. The maximum absolute atomic E-state index is 6.22. The number of halogens is 2. The summed E-state index contributed by atoms with van der Waals surface area (Å²) in [6.45, 7) is 3.11. The zero-order chi connectivity index (χ0) is 14.5. The molecule has 2 aromatic rings. The van der Waals surface area contributed by atoms with Crippen LogP contribution in [0.15, 0.2) is 24.3 Å². The number of hydrogen-bond acceptors (Lipinski definition) is 4. The lowest BCUT2D eigenvalue weighted by Gasteiger charge is -2.10. The van der Waals surface area contributed by atoms with E-state index in [0.717, 1.165) is 23.6 Å². The van der Waals surface area contributed by atoms with Crippen LogP contribution in [0.5, 0.6) is 0 Å². The highest BCUT2D eigenvalue weighted by Gasteiger charge is 2.10. The smallest absolute Gasteiger partial charge is 0.157 e. The van der Waals surface area contributed by atoms with Gasteiger partial charge in [-0.05, 0) is 25.1 Å². The highest BCUT2D eigenvalue weighted by molar-refractivity contribution is 6.35. The van der Waals surface area contributed by atoms with E-state index in [1.54, 1.807) is 25.3 Å². The largest absolute Gasteiger partial charge is 0.377 e. The number of aromatic nitrogens is 2. The highest BCUT2D eigenvalue weighted by atomic mass is 35.5. The van der Waals surface area contributed by atoms with Gasteiger partial charge in [0.25, 0.3) is 0 Å². The molecule has 1 aromatic heterocycles. The van der Waals surface area contributed by atoms with Gasteiger partial charge in [-0.15, -0.1) is 0 Å². The summed E-state index contributed by atoms with van der Waals surface area (Å²) in [6.07, 6.45) is 0. The van der Waals surface area contributed by atoms with E-state index in [0.29, 0.717) is 22.5 Å². The number of ether oxygens (including phenoxy) is 1. The standard InChI is InChI=1S/C14H15Cl2N3O/c1-3-17-13-7-12(18-14(19-13)8-20-2)10-6-9(15)4-5-11(10)16/h4-7H,3,8H2,1-2H3,(H,17,18,19). The second-order valence-electron chi connectivity index (χ2n) is 4.14. The van der Waals surface area contributed by atoms with E-state index in [2.05, 4.69) is 15.3 Å². The molecule has 0 aliphatic heterocycles. The molecule has 6 heteroatoms. The third-order valence-electron chi connectivity index (χ3n) is 2.61. The van der Waals surface area contributed by atoms with Crippen LogP contribution in [-0.2, 0) is 11.3 Å². The lowest BCUT2D eigenvalue weighted by molar-refractivity contribution is 0.178. The second kappa shape index (κ2) is 6.88. The van der Waals surface area contributed by atoms with Gasteiger partial charge < -0.3 is 10.1 Å². The lowest BCUT2D eigenvalue weighted by atomic mass is 10.1. The van der Waals surface area contributed by atoms with Crippen molar-refractivity contribution in [1.29, 1.82) is 0 Å². The molecule has 106 valence electrons. The van der Waals surface area contributed by atoms with Crippen molar-refractivity contribution in [2.24, 2.45) is 0 Å². The molecule has 1 heterocycles. The third kappa shape index (κ3) is 3.60. The maximum Gasteiger partial charge on any atom is 0.157 e. The molecule has 0 bridgehead atoms. The first kappa shape index (κ1) is 15.0. The quantitative estimate of drug-likeness (QED) is 0.905. The van der Waals surface area contributed by atoms with Gasteiger partial charge in [0.05, 0.1) is 10.7 Å². The zero-order valence-corrected chi connectivity index (χ0v) is 12.8. The van der Waals surface area contributed by atoms with Crippen LogP contribution in [0, 0.1) is 0 Å². The number of nitrogens with zero attached hydrogens (tertiary/aromatic N) is 2. The zero-order valence-electron chi connectivity index (χ0n) is 11.3. The molecule has 2 rings (SSSR count). The Labute approximate surface area is 128 Å². The van der Waals surface area contributed by atoms with Crippen molar-refractivity contribution in [2.45, 2.75) is 13.5 Å². The number of nitrogens with one attached hydrogen (secondary N) is 1. The van der Waals surface area contributed by atoms with Crippen LogP contribution in [0.4, 0.5) is 5.82 Å². The third-order valence-corrected chi connectivity index (χ3v) is 3.17. The van der Waals surface area contributed by atoms with Crippen molar-refractivity contribution in [3.63, 3.8) is 0 Å². The average Bonchev–Trinajstić information content (AvgIpc) is 2.42. The van der Waals surface area contributed by atoms with E-state index in [4.69, 9.17) is 27.9 Å². The van der Waals surface area contributed by atoms with Crippen LogP contribution in [-0.4, -0.2) is 23.6 Å². The average molecular weight is 312 g/mol. The molecule has 20 heavy (non-hydrogen) atoms. The fourth-order valence-corrected chi connectivity index (χ4v) is 2.18. The number of hydrogen-bond donors (Lipinski definition) is 1. The molecule has 0 radical (unpaired) electrons. The van der Waals surface area contributed by atoms with Crippen molar-refractivity contribution in [1.82, 2.24) is 9.97 Å². The van der Waals surface area contributed by atoms with E-state index in [1.807, 2.05) is 13.0 Å². The van der Waals surface area contributed by atoms with Crippen molar-refractivity contribution in [3.8, 4) is 11.3 Å². The molecular weight excluding hydrogens is 297 g/mol. The Balaban J connectivity index is 2.51. The molecule has 0 saturated carbocycles. The van der Waals surface area contributed by atoms with Crippen molar-refractivity contribution >= 4 is 29.0 Å². The monoisotopic (exact) mass is 311 g/mol. The van der Waals surface area contributed by atoms with Crippen LogP contribution in [0.3, 0.4) is 0 Å². The molecule has 0 saturated heterocycles. The Bertz CT molecular complexity index is 581. The van der Waals surface area contributed by atoms with Gasteiger partial charge in [0, 0.05) is 30.3 Å². The summed E-state index contributed by atoms with van der Waals surface area (Å²) in [5, 5.41) is 4.38. The molecule has 0 unspecified atom stereocenters. The molecule has 0 spiro atoms. The Kier molecular flexibility index (Phi) is 5.17. The van der Waals surface area contributed by atoms with E-state index in [-0.39, 0.29) is 0 Å². The second-order valence-corrected chi connectivity index (χ2v) is 4.99. The number of rotatable bonds is 5. The van der Waals surface area contributed by atoms with Gasteiger partial charge in [0.15, 0.2) is 5.82 Å². The maximum atomic E-state index is 6.22. The van der Waals surface area contributed by atoms with E-state index in [1.165, 1.54) is 0 Å². The Morgan fingerprint density at radius 1 is 1.20 bits per heavy atom. The first-order chi connectivity index (χ1) is 9.63. The fourth-order valence-electron chi connectivity index (χ4n) is 1.79. The molecule has 0 aliphatic carbocycles. The van der Waals surface area contributed by atoms with Crippen molar-refractivity contribution in [2.75, 3.05) is 19.0 Å². The van der Waals surface area contributed by atoms with E-state index < -0.39 is 0 Å². The summed E-state index contributed by atoms with van der Waals surface area (Å²) in [5.74, 6) is 1.33. The molecule has 0 amide bonds. The normalized spacial score (nSPS) is 10.6. The number of anilines is 1. The Morgan fingerprint density at radius 3 is 2.70 bits per heavy atom. The molecule has 0 fully saturated rings. The molecule has 4 nitrogen and oxygen atoms in total. The van der Waals surface area contributed by atoms with Crippen LogP contribution in [0.1, 0.15) is 12.7 Å². The summed E-state index contributed by atoms with van der Waals surface area (Å²) in [7, 11) is 1.61. The minimum Gasteiger partial charge on any atom is -0.377 e. The van der Waals surface area contributed by atoms with E-state index in [9.17, 15) is 0 Å². The van der Waals surface area contributed by atoms with E-state index >= 15 is 0 Å². The first-order valence-electron chi connectivity index (χ1n) is 6.20. The van der Waals surface area contributed by atoms with Crippen LogP contribution in [0.2, 0.25) is 10.0 Å². The molecule has 0 aliphatic rings. The first-order valence-corrected chi connectivity index (χ1v) is 6.95. The van der Waals surface area contributed by atoms with Crippen molar-refractivity contribution in [3.05, 3.63) is 40.1 Å². The van der Waals surface area contributed by atoms with Gasteiger partial charge in [-0.3, -0.25) is 0 Å². The number of benzene rings is 1. The van der Waals surface area contributed by atoms with Crippen molar-refractivity contribution < 1.29 is 4.74 Å². The summed E-state index contributed by atoms with van der Waals surface area (Å²) >= 11 is 12.2. The lowest BCUT2D eigenvalue weighted by Crippen LogP contribution is -2.05. The van der Waals surface area contributed by atoms with Gasteiger partial charge in [0.1, 0.15) is 12.4 Å². The molecular formula is C14H15Cl2N3O. The Morgan fingerprint density at radius 2 is 2.00 bits per heavy atom. The minimum atomic E-state index is 0.338. The molecule has 1 aromatic carbocycles. The minimum absolute atomic E-state index is 0.338. The van der Waals surface area contributed by atoms with Gasteiger partial charge in [-0.25, -0.2) is 9.97 Å². The predicted octanol–water partition coefficient (Wildman–Crippen LogP) is 4.03. The summed E-state index contributed by atoms with van der Waals surface area (Å²) in [5.41, 5.74) is 1.49. The number of methoxy groups -OCH3 is 1. The predicted molar refractivity (Wildman–Crippen MR) is 82.4 cm³/mol. The van der Waals surface area contributed by atoms with Crippen LogP contribution < -0.4 is 5.32 Å². The topological polar surface area (TPSA) is 47.0 Å². The fraction of sp³-hybridized carbons (Fsp3) is 0.286. The van der Waals surface area contributed by atoms with Gasteiger partial charge in [-0.2, -0.15) is 0 Å². The van der Waals surface area contributed by atoms with Gasteiger partial charge in [-0.1, -0.05) is 23.2 Å². The highest BCUT2D eigenvalue weighted by Crippen LogP contribution is 2.30. The van der Waals surface area contributed by atoms with Crippen LogP contribution in [0.25, 0.3) is 11.3 Å². The summed E-state index contributed by atoms with van der Waals surface area (Å²) in [6, 6.07) is 7.14. The summed E-state index contributed by atoms with van der Waals surface area (Å²) in [4.78, 5) is 8.83. The molecule has 0 atom stereocenters. The summed E-state index contributed by atoms with van der Waals surface area (Å²) < 4.78 is 5.09. The Hall–Kier alpha value is -1.36. The molecule has 1 N–H and O–H groups in total. The van der Waals surface area contributed by atoms with Crippen LogP contribution >= 0.6 is 23.2 Å².